The van der Waals surface area contributed by atoms with Crippen molar-refractivity contribution in [1.82, 2.24) is 24.6 Å². The molecule has 9 nitrogen and oxygen atoms in total. The van der Waals surface area contributed by atoms with Gasteiger partial charge in [0.25, 0.3) is 0 Å². The minimum atomic E-state index is -0.765. The summed E-state index contributed by atoms with van der Waals surface area (Å²) in [6.07, 6.45) is 6.78. The molecule has 10 heteroatoms. The Balaban J connectivity index is 1.50. The Morgan fingerprint density at radius 2 is 2.06 bits per heavy atom. The van der Waals surface area contributed by atoms with Crippen molar-refractivity contribution >= 4 is 28.3 Å². The van der Waals surface area contributed by atoms with Gasteiger partial charge in [0.15, 0.2) is 11.6 Å². The highest BCUT2D eigenvalue weighted by Crippen LogP contribution is 2.46. The fourth-order valence-corrected chi connectivity index (χ4v) is 5.68. The second-order valence-corrected chi connectivity index (χ2v) is 8.92. The second kappa shape index (κ2) is 7.43. The molecule has 3 aliphatic carbocycles. The van der Waals surface area contributed by atoms with Gasteiger partial charge in [0.2, 0.25) is 5.88 Å². The molecule has 3 N–H and O–H groups in total. The maximum Gasteiger partial charge on any atom is 0.308 e. The smallest absolute Gasteiger partial charge is 0.308 e. The summed E-state index contributed by atoms with van der Waals surface area (Å²) in [4.78, 5) is 24.0. The molecule has 0 radical (unpaired) electrons. The van der Waals surface area contributed by atoms with Gasteiger partial charge in [-0.2, -0.15) is 4.52 Å². The van der Waals surface area contributed by atoms with E-state index < -0.39 is 17.7 Å². The van der Waals surface area contributed by atoms with Crippen LogP contribution >= 0.6 is 0 Å². The van der Waals surface area contributed by atoms with Crippen LogP contribution in [0.4, 0.5) is 10.2 Å². The van der Waals surface area contributed by atoms with Crippen molar-refractivity contribution < 1.29 is 19.0 Å². The largest absolute Gasteiger partial charge is 0.481 e. The van der Waals surface area contributed by atoms with Gasteiger partial charge in [0.1, 0.15) is 17.0 Å². The number of pyridine rings is 1. The Labute approximate surface area is 188 Å². The fourth-order valence-electron chi connectivity index (χ4n) is 5.68. The van der Waals surface area contributed by atoms with Gasteiger partial charge in [-0.15, -0.1) is 5.10 Å². The lowest BCUT2D eigenvalue weighted by Gasteiger charge is -2.47. The quantitative estimate of drug-likeness (QED) is 0.424. The molecule has 0 spiro atoms. The van der Waals surface area contributed by atoms with Crippen LogP contribution in [0.15, 0.2) is 30.6 Å². The van der Waals surface area contributed by atoms with Gasteiger partial charge in [-0.1, -0.05) is 0 Å². The van der Waals surface area contributed by atoms with Crippen molar-refractivity contribution in [2.75, 3.05) is 12.4 Å². The summed E-state index contributed by atoms with van der Waals surface area (Å²) in [5, 5.41) is 18.6. The molecular weight excluding hydrogens is 427 g/mol. The van der Waals surface area contributed by atoms with E-state index in [0.29, 0.717) is 39.6 Å². The number of carbonyl (C=O) groups is 1. The summed E-state index contributed by atoms with van der Waals surface area (Å²) in [6, 6.07) is 4.81. The predicted molar refractivity (Wildman–Crippen MR) is 119 cm³/mol. The molecule has 0 amide bonds. The summed E-state index contributed by atoms with van der Waals surface area (Å²) in [5.41, 5.74) is 1.81. The van der Waals surface area contributed by atoms with E-state index in [1.54, 1.807) is 23.9 Å². The third-order valence-corrected chi connectivity index (χ3v) is 7.23. The first-order valence-electron chi connectivity index (χ1n) is 11.1. The number of aromatic amines is 1. The molecule has 7 rings (SSSR count). The average Bonchev–Trinajstić information content (AvgIpc) is 3.43. The standard InChI is InChI=1S/C23H23FN6O3/c1-33-17-7-6-16-22(27-19-12-4-2-11(3-5-12)18(19)23(31)32)28-21(29-30(16)17)15-10-26-20-14(15)8-13(24)9-25-20/h6-12,18-19H,2-5H2,1H3,(H,25,26)(H,31,32)(H,27,28,29)/t11-,12+,18-,19?/m0/s1. The third kappa shape index (κ3) is 3.12. The van der Waals surface area contributed by atoms with E-state index in [-0.39, 0.29) is 17.9 Å². The second-order valence-electron chi connectivity index (χ2n) is 8.92. The number of H-pyrrole nitrogens is 1. The third-order valence-electron chi connectivity index (χ3n) is 7.23. The summed E-state index contributed by atoms with van der Waals surface area (Å²) >= 11 is 0. The molecule has 2 atom stereocenters. The Morgan fingerprint density at radius 1 is 1.27 bits per heavy atom. The number of nitrogens with zero attached hydrogens (tertiary/aromatic N) is 4. The molecule has 0 aliphatic heterocycles. The number of methoxy groups -OCH3 is 1. The van der Waals surface area contributed by atoms with Crippen LogP contribution in [0, 0.1) is 23.6 Å². The van der Waals surface area contributed by atoms with Crippen LogP contribution in [0.2, 0.25) is 0 Å². The van der Waals surface area contributed by atoms with Crippen molar-refractivity contribution in [2.45, 2.75) is 31.7 Å². The molecule has 3 saturated carbocycles. The molecule has 0 saturated heterocycles. The zero-order valence-corrected chi connectivity index (χ0v) is 18.0. The highest BCUT2D eigenvalue weighted by Gasteiger charge is 2.47. The van der Waals surface area contributed by atoms with E-state index in [0.717, 1.165) is 31.9 Å². The van der Waals surface area contributed by atoms with Crippen LogP contribution in [0.25, 0.3) is 27.9 Å². The lowest BCUT2D eigenvalue weighted by atomic mass is 9.61. The molecule has 3 fully saturated rings. The molecule has 4 aromatic rings. The lowest BCUT2D eigenvalue weighted by Crippen LogP contribution is -2.51. The summed E-state index contributed by atoms with van der Waals surface area (Å²) < 4.78 is 21.0. The van der Waals surface area contributed by atoms with Gasteiger partial charge >= 0.3 is 5.97 Å². The van der Waals surface area contributed by atoms with E-state index in [2.05, 4.69) is 20.4 Å². The number of hydrogen-bond donors (Lipinski definition) is 3. The molecule has 4 heterocycles. The van der Waals surface area contributed by atoms with Crippen LogP contribution in [0.5, 0.6) is 5.88 Å². The van der Waals surface area contributed by atoms with Crippen molar-refractivity contribution in [3.63, 3.8) is 0 Å². The maximum atomic E-state index is 13.9. The topological polar surface area (TPSA) is 117 Å². The van der Waals surface area contributed by atoms with Crippen molar-refractivity contribution in [2.24, 2.45) is 17.8 Å². The zero-order chi connectivity index (χ0) is 22.7. The zero-order valence-electron chi connectivity index (χ0n) is 18.0. The van der Waals surface area contributed by atoms with Gasteiger partial charge in [-0.25, -0.2) is 14.4 Å². The molecule has 33 heavy (non-hydrogen) atoms. The highest BCUT2D eigenvalue weighted by molar-refractivity contribution is 5.92. The fraction of sp³-hybridized carbons (Fsp3) is 0.391. The summed E-state index contributed by atoms with van der Waals surface area (Å²) in [5.74, 6) is 0.170. The molecule has 1 unspecified atom stereocenters. The molecule has 3 aliphatic rings. The summed E-state index contributed by atoms with van der Waals surface area (Å²) in [7, 11) is 1.56. The van der Waals surface area contributed by atoms with Crippen molar-refractivity contribution in [3.8, 4) is 17.3 Å². The van der Waals surface area contributed by atoms with E-state index >= 15 is 0 Å². The van der Waals surface area contributed by atoms with Crippen LogP contribution in [0.1, 0.15) is 25.7 Å². The van der Waals surface area contributed by atoms with Crippen molar-refractivity contribution in [3.05, 3.63) is 36.4 Å². The predicted octanol–water partition coefficient (Wildman–Crippen LogP) is 3.72. The Hall–Kier alpha value is -3.69. The van der Waals surface area contributed by atoms with Crippen LogP contribution < -0.4 is 10.1 Å². The van der Waals surface area contributed by atoms with Gasteiger partial charge in [0.05, 0.1) is 19.2 Å². The number of rotatable bonds is 5. The number of hydrogen-bond acceptors (Lipinski definition) is 6. The molecule has 2 bridgehead atoms. The normalized spacial score (nSPS) is 24.4. The molecule has 4 aromatic heterocycles. The van der Waals surface area contributed by atoms with E-state index in [1.807, 2.05) is 6.07 Å². The Kier molecular flexibility index (Phi) is 4.49. The lowest BCUT2D eigenvalue weighted by molar-refractivity contribution is -0.148. The Bertz CT molecular complexity index is 1370. The average molecular weight is 450 g/mol. The van der Waals surface area contributed by atoms with Gasteiger partial charge in [-0.05, 0) is 49.7 Å². The number of aromatic nitrogens is 5. The monoisotopic (exact) mass is 450 g/mol. The molecule has 0 aromatic carbocycles. The van der Waals surface area contributed by atoms with E-state index in [4.69, 9.17) is 9.72 Å². The number of anilines is 1. The minimum Gasteiger partial charge on any atom is -0.481 e. The number of fused-ring (bicyclic) bond motifs is 5. The number of ether oxygens (including phenoxy) is 1. The number of aliphatic carboxylic acids is 1. The first-order valence-corrected chi connectivity index (χ1v) is 11.1. The maximum absolute atomic E-state index is 13.9. The van der Waals surface area contributed by atoms with Gasteiger partial charge in [0, 0.05) is 29.3 Å². The first kappa shape index (κ1) is 20.0. The van der Waals surface area contributed by atoms with E-state index in [9.17, 15) is 14.3 Å². The molecule has 170 valence electrons. The van der Waals surface area contributed by atoms with Crippen LogP contribution in [-0.4, -0.2) is 48.8 Å². The first-order chi connectivity index (χ1) is 16.0. The molecular formula is C23H23FN6O3. The van der Waals surface area contributed by atoms with Crippen LogP contribution in [-0.2, 0) is 4.79 Å². The number of carboxylic acids is 1. The minimum absolute atomic E-state index is 0.173. The SMILES string of the molecule is COc1ccc2c(NC3[C@H]4CC[C@H](CC4)[C@@H]3C(=O)O)nc(-c3c[nH]c4ncc(F)cc34)nn12. The van der Waals surface area contributed by atoms with Gasteiger partial charge in [-0.3, -0.25) is 4.79 Å². The van der Waals surface area contributed by atoms with E-state index in [1.165, 1.54) is 6.07 Å². The number of halogens is 1. The number of nitrogens with one attached hydrogen (secondary N) is 2. The Morgan fingerprint density at radius 3 is 2.82 bits per heavy atom. The van der Waals surface area contributed by atoms with Crippen molar-refractivity contribution in [1.29, 1.82) is 0 Å². The highest BCUT2D eigenvalue weighted by atomic mass is 19.1. The van der Waals surface area contributed by atoms with Crippen LogP contribution in [0.3, 0.4) is 0 Å². The number of carboxylic acid groups (broad SMARTS) is 1. The van der Waals surface area contributed by atoms with Gasteiger partial charge < -0.3 is 20.1 Å². The summed E-state index contributed by atoms with van der Waals surface area (Å²) in [6.45, 7) is 0.